The molecule has 1 aliphatic rings. The maximum Gasteiger partial charge on any atom is 0.193 e. The first-order valence-corrected chi connectivity index (χ1v) is 6.30. The van der Waals surface area contributed by atoms with Gasteiger partial charge < -0.3 is 24.2 Å². The van der Waals surface area contributed by atoms with Crippen LogP contribution in [0.3, 0.4) is 0 Å². The number of guanidine groups is 1. The molecule has 1 N–H and O–H groups in total. The number of aromatic nitrogens is 1. The second-order valence-electron chi connectivity index (χ2n) is 4.34. The van der Waals surface area contributed by atoms with Gasteiger partial charge in [-0.15, -0.1) is 0 Å². The lowest BCUT2D eigenvalue weighted by Gasteiger charge is -2.26. The van der Waals surface area contributed by atoms with E-state index in [1.807, 2.05) is 18.0 Å². The first kappa shape index (κ1) is 13.8. The molecule has 0 radical (unpaired) electrons. The molecule has 0 aromatic carbocycles. The Labute approximate surface area is 112 Å². The van der Waals surface area contributed by atoms with Gasteiger partial charge in [0, 0.05) is 26.7 Å². The van der Waals surface area contributed by atoms with Gasteiger partial charge in [0.15, 0.2) is 5.96 Å². The summed E-state index contributed by atoms with van der Waals surface area (Å²) in [5.74, 6) is 0.789. The van der Waals surface area contributed by atoms with E-state index < -0.39 is 0 Å². The molecule has 7 heteroatoms. The van der Waals surface area contributed by atoms with Gasteiger partial charge in [0.2, 0.25) is 0 Å². The Hall–Kier alpha value is -1.60. The predicted molar refractivity (Wildman–Crippen MR) is 69.9 cm³/mol. The molecule has 1 unspecified atom stereocenters. The van der Waals surface area contributed by atoms with Crippen molar-refractivity contribution >= 4 is 5.96 Å². The summed E-state index contributed by atoms with van der Waals surface area (Å²) in [6, 6.07) is 1.84. The summed E-state index contributed by atoms with van der Waals surface area (Å²) in [5.41, 5.74) is 0.864. The summed E-state index contributed by atoms with van der Waals surface area (Å²) < 4.78 is 15.7. The number of ether oxygens (including phenoxy) is 2. The van der Waals surface area contributed by atoms with Gasteiger partial charge in [-0.05, 0) is 0 Å². The van der Waals surface area contributed by atoms with E-state index in [2.05, 4.69) is 15.5 Å². The third kappa shape index (κ3) is 4.22. The lowest BCUT2D eigenvalue weighted by atomic mass is 10.3. The number of nitrogens with one attached hydrogen (secondary N) is 1. The van der Waals surface area contributed by atoms with E-state index in [9.17, 15) is 0 Å². The molecule has 1 aliphatic heterocycles. The number of rotatable bonds is 4. The number of hydrogen-bond donors (Lipinski definition) is 1. The Kier molecular flexibility index (Phi) is 5.17. The van der Waals surface area contributed by atoms with E-state index in [1.165, 1.54) is 0 Å². The highest BCUT2D eigenvalue weighted by atomic mass is 16.6. The van der Waals surface area contributed by atoms with Crippen molar-refractivity contribution < 1.29 is 14.0 Å². The van der Waals surface area contributed by atoms with Gasteiger partial charge in [0.05, 0.1) is 32.5 Å². The molecule has 0 amide bonds. The Balaban J connectivity index is 1.78. The lowest BCUT2D eigenvalue weighted by Crippen LogP contribution is -2.45. The summed E-state index contributed by atoms with van der Waals surface area (Å²) >= 11 is 0. The molecule has 7 nitrogen and oxygen atoms in total. The quantitative estimate of drug-likeness (QED) is 0.616. The summed E-state index contributed by atoms with van der Waals surface area (Å²) in [7, 11) is 3.70. The standard InChI is InChI=1S/C12H20N4O3/c1-13-12(14-7-11-9-17-5-6-18-11)16(2)8-10-3-4-19-15-10/h3-4,11H,5-9H2,1-2H3,(H,13,14). The summed E-state index contributed by atoms with van der Waals surface area (Å²) in [6.45, 7) is 3.27. The van der Waals surface area contributed by atoms with Gasteiger partial charge in [-0.1, -0.05) is 5.16 Å². The van der Waals surface area contributed by atoms with Crippen LogP contribution in [0.4, 0.5) is 0 Å². The second kappa shape index (κ2) is 7.10. The SMILES string of the molecule is CN=C(NCC1COCCO1)N(C)Cc1ccon1. The zero-order valence-electron chi connectivity index (χ0n) is 11.3. The van der Waals surface area contributed by atoms with Crippen LogP contribution in [0.2, 0.25) is 0 Å². The van der Waals surface area contributed by atoms with Gasteiger partial charge in [-0.25, -0.2) is 0 Å². The minimum absolute atomic E-state index is 0.0750. The highest BCUT2D eigenvalue weighted by Gasteiger charge is 2.16. The van der Waals surface area contributed by atoms with Gasteiger partial charge in [0.1, 0.15) is 12.0 Å². The molecule has 0 bridgehead atoms. The second-order valence-corrected chi connectivity index (χ2v) is 4.34. The summed E-state index contributed by atoms with van der Waals surface area (Å²) in [5, 5.41) is 7.14. The van der Waals surface area contributed by atoms with Crippen LogP contribution in [-0.2, 0) is 16.0 Å². The van der Waals surface area contributed by atoms with Crippen molar-refractivity contribution in [3.63, 3.8) is 0 Å². The van der Waals surface area contributed by atoms with Crippen LogP contribution < -0.4 is 5.32 Å². The van der Waals surface area contributed by atoms with Gasteiger partial charge in [-0.2, -0.15) is 0 Å². The van der Waals surface area contributed by atoms with Crippen LogP contribution in [0, 0.1) is 0 Å². The van der Waals surface area contributed by atoms with Crippen molar-refractivity contribution in [2.45, 2.75) is 12.6 Å². The Morgan fingerprint density at radius 2 is 2.47 bits per heavy atom. The molecule has 106 valence electrons. The minimum atomic E-state index is 0.0750. The Morgan fingerprint density at radius 1 is 1.58 bits per heavy atom. The van der Waals surface area contributed by atoms with E-state index in [0.717, 1.165) is 11.7 Å². The molecule has 0 aliphatic carbocycles. The minimum Gasteiger partial charge on any atom is -0.376 e. The molecule has 1 saturated heterocycles. The highest BCUT2D eigenvalue weighted by Crippen LogP contribution is 2.02. The third-order valence-electron chi connectivity index (χ3n) is 2.84. The van der Waals surface area contributed by atoms with Gasteiger partial charge in [0.25, 0.3) is 0 Å². The zero-order valence-corrected chi connectivity index (χ0v) is 11.3. The molecule has 0 spiro atoms. The van der Waals surface area contributed by atoms with Crippen molar-refractivity contribution in [3.05, 3.63) is 18.0 Å². The number of nitrogens with zero attached hydrogens (tertiary/aromatic N) is 3. The van der Waals surface area contributed by atoms with Crippen molar-refractivity contribution in [1.82, 2.24) is 15.4 Å². The van der Waals surface area contributed by atoms with Gasteiger partial charge >= 0.3 is 0 Å². The fourth-order valence-corrected chi connectivity index (χ4v) is 1.88. The first-order chi connectivity index (χ1) is 9.29. The lowest BCUT2D eigenvalue weighted by molar-refractivity contribution is -0.0851. The fourth-order valence-electron chi connectivity index (χ4n) is 1.88. The van der Waals surface area contributed by atoms with Crippen molar-refractivity contribution in [2.75, 3.05) is 40.5 Å². The number of aliphatic imine (C=N–C) groups is 1. The number of hydrogen-bond acceptors (Lipinski definition) is 5. The van der Waals surface area contributed by atoms with E-state index in [0.29, 0.717) is 32.9 Å². The van der Waals surface area contributed by atoms with Crippen LogP contribution in [0.5, 0.6) is 0 Å². The molecular weight excluding hydrogens is 248 g/mol. The Morgan fingerprint density at radius 3 is 3.11 bits per heavy atom. The summed E-state index contributed by atoms with van der Waals surface area (Å²) in [4.78, 5) is 6.20. The molecule has 1 atom stereocenters. The highest BCUT2D eigenvalue weighted by molar-refractivity contribution is 5.79. The van der Waals surface area contributed by atoms with Crippen LogP contribution in [0.15, 0.2) is 21.8 Å². The van der Waals surface area contributed by atoms with Gasteiger partial charge in [-0.3, -0.25) is 4.99 Å². The maximum atomic E-state index is 5.57. The molecule has 1 aromatic heterocycles. The maximum absolute atomic E-state index is 5.57. The third-order valence-corrected chi connectivity index (χ3v) is 2.84. The molecular formula is C12H20N4O3. The molecule has 19 heavy (non-hydrogen) atoms. The van der Waals surface area contributed by atoms with Crippen LogP contribution in [0.1, 0.15) is 5.69 Å². The molecule has 0 saturated carbocycles. The van der Waals surface area contributed by atoms with Crippen molar-refractivity contribution in [2.24, 2.45) is 4.99 Å². The van der Waals surface area contributed by atoms with Crippen LogP contribution in [0.25, 0.3) is 0 Å². The predicted octanol–water partition coefficient (Wildman–Crippen LogP) is 0.0972. The van der Waals surface area contributed by atoms with Crippen LogP contribution in [-0.4, -0.2) is 62.6 Å². The van der Waals surface area contributed by atoms with E-state index >= 15 is 0 Å². The largest absolute Gasteiger partial charge is 0.376 e. The zero-order chi connectivity index (χ0) is 13.5. The van der Waals surface area contributed by atoms with E-state index in [-0.39, 0.29) is 6.10 Å². The molecule has 1 fully saturated rings. The average Bonchev–Trinajstić information content (AvgIpc) is 2.93. The Bertz CT molecular complexity index is 388. The summed E-state index contributed by atoms with van der Waals surface area (Å²) in [6.07, 6.45) is 1.64. The molecule has 1 aromatic rings. The van der Waals surface area contributed by atoms with E-state index in [4.69, 9.17) is 14.0 Å². The van der Waals surface area contributed by atoms with Crippen molar-refractivity contribution in [3.8, 4) is 0 Å². The monoisotopic (exact) mass is 268 g/mol. The molecule has 2 rings (SSSR count). The average molecular weight is 268 g/mol. The van der Waals surface area contributed by atoms with E-state index in [1.54, 1.807) is 13.3 Å². The first-order valence-electron chi connectivity index (χ1n) is 6.30. The normalized spacial score (nSPS) is 20.3. The van der Waals surface area contributed by atoms with Crippen molar-refractivity contribution in [1.29, 1.82) is 0 Å². The fraction of sp³-hybridized carbons (Fsp3) is 0.667. The topological polar surface area (TPSA) is 72.1 Å². The smallest absolute Gasteiger partial charge is 0.193 e. The van der Waals surface area contributed by atoms with Crippen LogP contribution >= 0.6 is 0 Å². The molecule has 2 heterocycles.